The van der Waals surface area contributed by atoms with Gasteiger partial charge in [-0.25, -0.2) is 8.42 Å². The standard InChI is InChI=1S/C24H28F3N3O3S/c1-4-6-20-15-30(34(31,32)21-8-5-7-19(12-21)24(25,26)27)22-11-17(9-10-23(22)33-20)18(13-28)14-29-16(2)3/h5,7-14,16,20H,4,6,15,28H2,1-3H3/t20-/m0/s1. The molecule has 0 saturated heterocycles. The van der Waals surface area contributed by atoms with Gasteiger partial charge in [0.15, 0.2) is 0 Å². The van der Waals surface area contributed by atoms with Crippen LogP contribution in [0.25, 0.3) is 5.57 Å². The Hall–Kier alpha value is -3.01. The average Bonchev–Trinajstić information content (AvgIpc) is 2.78. The number of rotatable bonds is 7. The maximum Gasteiger partial charge on any atom is 0.416 e. The number of nitrogens with two attached hydrogens (primary N) is 1. The van der Waals surface area contributed by atoms with Crippen molar-refractivity contribution < 1.29 is 26.3 Å². The van der Waals surface area contributed by atoms with E-state index in [0.717, 1.165) is 22.9 Å². The van der Waals surface area contributed by atoms with Crippen molar-refractivity contribution >= 4 is 27.5 Å². The number of nitrogens with zero attached hydrogens (tertiary/aromatic N) is 2. The smallest absolute Gasteiger partial charge is 0.416 e. The number of allylic oxidation sites excluding steroid dienone is 1. The summed E-state index contributed by atoms with van der Waals surface area (Å²) in [6.45, 7) is 5.73. The summed E-state index contributed by atoms with van der Waals surface area (Å²) in [6.07, 6.45) is -0.796. The van der Waals surface area contributed by atoms with E-state index in [4.69, 9.17) is 10.5 Å². The van der Waals surface area contributed by atoms with Crippen LogP contribution in [0.1, 0.15) is 44.7 Å². The molecule has 0 fully saturated rings. The fourth-order valence-electron chi connectivity index (χ4n) is 3.59. The number of halogens is 3. The van der Waals surface area contributed by atoms with Crippen molar-refractivity contribution in [1.82, 2.24) is 0 Å². The monoisotopic (exact) mass is 495 g/mol. The third-order valence-corrected chi connectivity index (χ3v) is 7.05. The van der Waals surface area contributed by atoms with E-state index < -0.39 is 32.8 Å². The second kappa shape index (κ2) is 10.1. The average molecular weight is 496 g/mol. The van der Waals surface area contributed by atoms with Crippen LogP contribution in [0.4, 0.5) is 18.9 Å². The first kappa shape index (κ1) is 25.6. The number of ether oxygens (including phenoxy) is 1. The lowest BCUT2D eigenvalue weighted by molar-refractivity contribution is -0.137. The second-order valence-electron chi connectivity index (χ2n) is 8.27. The molecule has 10 heteroatoms. The molecule has 2 N–H and O–H groups in total. The van der Waals surface area contributed by atoms with E-state index in [-0.39, 0.29) is 18.3 Å². The Kier molecular flexibility index (Phi) is 7.60. The van der Waals surface area contributed by atoms with Crippen molar-refractivity contribution in [2.24, 2.45) is 10.7 Å². The molecule has 34 heavy (non-hydrogen) atoms. The lowest BCUT2D eigenvalue weighted by Crippen LogP contribution is -2.43. The molecule has 184 valence electrons. The van der Waals surface area contributed by atoms with Gasteiger partial charge in [0.25, 0.3) is 10.0 Å². The molecule has 1 aliphatic rings. The second-order valence-corrected chi connectivity index (χ2v) is 10.1. The van der Waals surface area contributed by atoms with Crippen molar-refractivity contribution in [3.8, 4) is 5.75 Å². The first-order valence-corrected chi connectivity index (χ1v) is 12.4. The third kappa shape index (κ3) is 5.55. The van der Waals surface area contributed by atoms with Gasteiger partial charge in [-0.2, -0.15) is 13.2 Å². The van der Waals surface area contributed by atoms with E-state index in [2.05, 4.69) is 4.99 Å². The van der Waals surface area contributed by atoms with Gasteiger partial charge in [0.05, 0.1) is 22.7 Å². The Balaban J connectivity index is 2.12. The highest BCUT2D eigenvalue weighted by Gasteiger charge is 2.37. The molecule has 0 aromatic heterocycles. The van der Waals surface area contributed by atoms with E-state index in [9.17, 15) is 21.6 Å². The topological polar surface area (TPSA) is 85.0 Å². The van der Waals surface area contributed by atoms with Crippen LogP contribution in [0.15, 0.2) is 58.6 Å². The fourth-order valence-corrected chi connectivity index (χ4v) is 5.14. The summed E-state index contributed by atoms with van der Waals surface area (Å²) in [6, 6.07) is 8.78. The van der Waals surface area contributed by atoms with E-state index >= 15 is 0 Å². The molecule has 3 rings (SSSR count). The van der Waals surface area contributed by atoms with Crippen LogP contribution in [0.5, 0.6) is 5.75 Å². The molecule has 1 heterocycles. The molecule has 0 bridgehead atoms. The molecule has 1 atom stereocenters. The van der Waals surface area contributed by atoms with Gasteiger partial charge in [-0.15, -0.1) is 0 Å². The summed E-state index contributed by atoms with van der Waals surface area (Å²) >= 11 is 0. The molecular formula is C24H28F3N3O3S. The van der Waals surface area contributed by atoms with E-state index in [1.54, 1.807) is 24.4 Å². The summed E-state index contributed by atoms with van der Waals surface area (Å²) in [5.41, 5.74) is 6.16. The minimum Gasteiger partial charge on any atom is -0.486 e. The number of hydrogen-bond acceptors (Lipinski definition) is 5. The number of benzene rings is 2. The van der Waals surface area contributed by atoms with Gasteiger partial charge >= 0.3 is 6.18 Å². The number of fused-ring (bicyclic) bond motifs is 1. The van der Waals surface area contributed by atoms with Crippen LogP contribution in [0.2, 0.25) is 0 Å². The number of anilines is 1. The van der Waals surface area contributed by atoms with Crippen molar-refractivity contribution in [3.63, 3.8) is 0 Å². The Morgan fingerprint density at radius 1 is 1.26 bits per heavy atom. The fraction of sp³-hybridized carbons (Fsp3) is 0.375. The molecule has 0 saturated carbocycles. The third-order valence-electron chi connectivity index (χ3n) is 5.28. The van der Waals surface area contributed by atoms with E-state index in [0.29, 0.717) is 29.4 Å². The molecule has 0 amide bonds. The quantitative estimate of drug-likeness (QED) is 0.533. The molecule has 2 aromatic carbocycles. The normalized spacial score (nSPS) is 17.2. The number of sulfonamides is 1. The Labute approximate surface area is 198 Å². The van der Waals surface area contributed by atoms with Gasteiger partial charge in [0.1, 0.15) is 11.9 Å². The van der Waals surface area contributed by atoms with Crippen LogP contribution in [-0.4, -0.2) is 33.3 Å². The molecule has 0 radical (unpaired) electrons. The Bertz CT molecular complexity index is 1190. The van der Waals surface area contributed by atoms with Gasteiger partial charge < -0.3 is 10.5 Å². The summed E-state index contributed by atoms with van der Waals surface area (Å²) in [5, 5.41) is 0. The Morgan fingerprint density at radius 3 is 2.62 bits per heavy atom. The molecule has 0 aliphatic carbocycles. The van der Waals surface area contributed by atoms with Crippen molar-refractivity contribution in [2.75, 3.05) is 10.8 Å². The highest BCUT2D eigenvalue weighted by Crippen LogP contribution is 2.40. The van der Waals surface area contributed by atoms with Crippen LogP contribution >= 0.6 is 0 Å². The summed E-state index contributed by atoms with van der Waals surface area (Å²) in [7, 11) is -4.32. The maximum atomic E-state index is 13.6. The molecule has 2 aromatic rings. The number of aliphatic imine (C=N–C) groups is 1. The SMILES string of the molecule is CCC[C@H]1CN(S(=O)(=O)c2cccc(C(F)(F)F)c2)c2cc(C(C=NC(C)C)=CN)ccc2O1. The van der Waals surface area contributed by atoms with Crippen molar-refractivity contribution in [3.05, 3.63) is 59.8 Å². The first-order chi connectivity index (χ1) is 16.0. The number of hydrogen-bond donors (Lipinski definition) is 1. The van der Waals surface area contributed by atoms with Crippen LogP contribution in [0, 0.1) is 0 Å². The predicted molar refractivity (Wildman–Crippen MR) is 128 cm³/mol. The summed E-state index contributed by atoms with van der Waals surface area (Å²) < 4.78 is 74.0. The highest BCUT2D eigenvalue weighted by atomic mass is 32.2. The molecular weight excluding hydrogens is 467 g/mol. The largest absolute Gasteiger partial charge is 0.486 e. The zero-order chi connectivity index (χ0) is 25.1. The first-order valence-electron chi connectivity index (χ1n) is 10.9. The predicted octanol–water partition coefficient (Wildman–Crippen LogP) is 5.24. The summed E-state index contributed by atoms with van der Waals surface area (Å²) in [4.78, 5) is 3.89. The number of alkyl halides is 3. The van der Waals surface area contributed by atoms with Crippen LogP contribution in [-0.2, 0) is 16.2 Å². The summed E-state index contributed by atoms with van der Waals surface area (Å²) in [5.74, 6) is 0.334. The van der Waals surface area contributed by atoms with Gasteiger partial charge in [0, 0.05) is 24.0 Å². The zero-order valence-corrected chi connectivity index (χ0v) is 20.0. The molecule has 1 aliphatic heterocycles. The van der Waals surface area contributed by atoms with Crippen molar-refractivity contribution in [1.29, 1.82) is 0 Å². The van der Waals surface area contributed by atoms with Gasteiger partial charge in [0.2, 0.25) is 0 Å². The van der Waals surface area contributed by atoms with Crippen LogP contribution in [0.3, 0.4) is 0 Å². The minimum absolute atomic E-state index is 0.0232. The molecule has 0 unspecified atom stereocenters. The lowest BCUT2D eigenvalue weighted by atomic mass is 10.0. The van der Waals surface area contributed by atoms with Gasteiger partial charge in [-0.1, -0.05) is 25.5 Å². The van der Waals surface area contributed by atoms with Crippen LogP contribution < -0.4 is 14.8 Å². The van der Waals surface area contributed by atoms with Gasteiger partial charge in [-0.3, -0.25) is 9.30 Å². The zero-order valence-electron chi connectivity index (χ0n) is 19.2. The lowest BCUT2D eigenvalue weighted by Gasteiger charge is -2.36. The maximum absolute atomic E-state index is 13.6. The Morgan fingerprint density at radius 2 is 2.00 bits per heavy atom. The minimum atomic E-state index is -4.66. The molecule has 0 spiro atoms. The highest BCUT2D eigenvalue weighted by molar-refractivity contribution is 7.92. The van der Waals surface area contributed by atoms with E-state index in [1.807, 2.05) is 20.8 Å². The van der Waals surface area contributed by atoms with E-state index in [1.165, 1.54) is 12.3 Å². The van der Waals surface area contributed by atoms with Gasteiger partial charge in [-0.05, 0) is 56.2 Å². The van der Waals surface area contributed by atoms with Crippen molar-refractivity contribution in [2.45, 2.75) is 56.8 Å². The molecule has 6 nitrogen and oxygen atoms in total.